The molecule has 0 unspecified atom stereocenters. The van der Waals surface area contributed by atoms with E-state index < -0.39 is 0 Å². The Kier molecular flexibility index (Phi) is 6.89. The van der Waals surface area contributed by atoms with Crippen molar-refractivity contribution in [1.82, 2.24) is 10.6 Å². The molecule has 0 aliphatic heterocycles. The van der Waals surface area contributed by atoms with Crippen LogP contribution in [0.4, 0.5) is 0 Å². The first-order valence-corrected chi connectivity index (χ1v) is 6.73. The van der Waals surface area contributed by atoms with E-state index in [-0.39, 0.29) is 5.91 Å². The molecule has 0 aliphatic rings. The van der Waals surface area contributed by atoms with Gasteiger partial charge in [-0.05, 0) is 24.1 Å². The summed E-state index contributed by atoms with van der Waals surface area (Å²) in [5.74, 6) is 0.121. The van der Waals surface area contributed by atoms with Gasteiger partial charge in [-0.3, -0.25) is 4.79 Å². The van der Waals surface area contributed by atoms with Crippen LogP contribution in [0.1, 0.15) is 25.3 Å². The molecule has 3 nitrogen and oxygen atoms in total. The lowest BCUT2D eigenvalue weighted by molar-refractivity contribution is -0.120. The number of carbonyl (C=O) groups excluding carboxylic acids is 1. The molecule has 0 bridgehead atoms. The van der Waals surface area contributed by atoms with E-state index in [0.717, 1.165) is 24.0 Å². The van der Waals surface area contributed by atoms with Gasteiger partial charge >= 0.3 is 0 Å². The van der Waals surface area contributed by atoms with Gasteiger partial charge in [0.1, 0.15) is 0 Å². The van der Waals surface area contributed by atoms with Gasteiger partial charge in [0.15, 0.2) is 0 Å². The Morgan fingerprint density at radius 2 is 1.94 bits per heavy atom. The second-order valence-corrected chi connectivity index (χ2v) is 4.82. The molecule has 0 spiro atoms. The minimum absolute atomic E-state index is 0.121. The first-order valence-electron chi connectivity index (χ1n) is 5.94. The van der Waals surface area contributed by atoms with Crippen LogP contribution in [0.5, 0.6) is 0 Å². The highest BCUT2D eigenvalue weighted by atomic mass is 79.9. The molecule has 0 saturated heterocycles. The third-order valence-corrected chi connectivity index (χ3v) is 2.87. The maximum atomic E-state index is 11.3. The quantitative estimate of drug-likeness (QED) is 0.759. The van der Waals surface area contributed by atoms with Crippen LogP contribution in [-0.4, -0.2) is 19.0 Å². The number of carbonyl (C=O) groups is 1. The smallest absolute Gasteiger partial charge is 0.221 e. The molecular formula is C13H19BrN2O. The van der Waals surface area contributed by atoms with Crippen LogP contribution >= 0.6 is 15.9 Å². The minimum Gasteiger partial charge on any atom is -0.356 e. The molecule has 0 saturated carbocycles. The normalized spacial score (nSPS) is 10.2. The zero-order valence-corrected chi connectivity index (χ0v) is 11.7. The lowest BCUT2D eigenvalue weighted by Gasteiger charge is -2.05. The highest BCUT2D eigenvalue weighted by molar-refractivity contribution is 9.10. The number of amides is 1. The Hall–Kier alpha value is -0.870. The summed E-state index contributed by atoms with van der Waals surface area (Å²) in [6.07, 6.45) is 1.52. The summed E-state index contributed by atoms with van der Waals surface area (Å²) in [6.45, 7) is 4.33. The van der Waals surface area contributed by atoms with Crippen LogP contribution in [0.15, 0.2) is 28.7 Å². The number of benzene rings is 1. The number of halogens is 1. The Morgan fingerprint density at radius 3 is 2.59 bits per heavy atom. The highest BCUT2D eigenvalue weighted by Crippen LogP contribution is 2.09. The maximum absolute atomic E-state index is 11.3. The van der Waals surface area contributed by atoms with E-state index in [9.17, 15) is 4.79 Å². The minimum atomic E-state index is 0.121. The van der Waals surface area contributed by atoms with Gasteiger partial charge in [-0.15, -0.1) is 0 Å². The number of hydrogen-bond donors (Lipinski definition) is 2. The lowest BCUT2D eigenvalue weighted by Crippen LogP contribution is -2.27. The van der Waals surface area contributed by atoms with Gasteiger partial charge in [0.05, 0.1) is 0 Å². The lowest BCUT2D eigenvalue weighted by atomic mass is 10.2. The van der Waals surface area contributed by atoms with E-state index >= 15 is 0 Å². The van der Waals surface area contributed by atoms with Crippen molar-refractivity contribution in [2.75, 3.05) is 13.1 Å². The molecule has 0 heterocycles. The van der Waals surface area contributed by atoms with Gasteiger partial charge in [-0.1, -0.05) is 35.0 Å². The van der Waals surface area contributed by atoms with Crippen LogP contribution < -0.4 is 10.6 Å². The first-order chi connectivity index (χ1) is 8.22. The second-order valence-electron chi connectivity index (χ2n) is 3.90. The van der Waals surface area contributed by atoms with Crippen molar-refractivity contribution in [3.8, 4) is 0 Å². The summed E-state index contributed by atoms with van der Waals surface area (Å²) in [6, 6.07) is 8.17. The zero-order chi connectivity index (χ0) is 12.5. The maximum Gasteiger partial charge on any atom is 0.221 e. The monoisotopic (exact) mass is 298 g/mol. The Bertz CT molecular complexity index is 338. The number of hydrogen-bond acceptors (Lipinski definition) is 2. The summed E-state index contributed by atoms with van der Waals surface area (Å²) in [5.41, 5.74) is 1.22. The van der Waals surface area contributed by atoms with Crippen LogP contribution in [0, 0.1) is 0 Å². The van der Waals surface area contributed by atoms with Gasteiger partial charge in [0, 0.05) is 30.5 Å². The van der Waals surface area contributed by atoms with E-state index in [2.05, 4.69) is 38.7 Å². The van der Waals surface area contributed by atoms with E-state index in [1.54, 1.807) is 0 Å². The summed E-state index contributed by atoms with van der Waals surface area (Å²) in [5, 5.41) is 6.11. The molecule has 1 amide bonds. The van der Waals surface area contributed by atoms with E-state index in [1.165, 1.54) is 5.56 Å². The highest BCUT2D eigenvalue weighted by Gasteiger charge is 1.99. The van der Waals surface area contributed by atoms with Crippen LogP contribution in [0.2, 0.25) is 0 Å². The van der Waals surface area contributed by atoms with Crippen molar-refractivity contribution in [3.63, 3.8) is 0 Å². The number of rotatable bonds is 7. The SMILES string of the molecule is CCCNC(=O)CCNCc1ccc(Br)cc1. The van der Waals surface area contributed by atoms with Gasteiger partial charge in [0.25, 0.3) is 0 Å². The summed E-state index contributed by atoms with van der Waals surface area (Å²) in [7, 11) is 0. The molecule has 94 valence electrons. The van der Waals surface area contributed by atoms with Crippen molar-refractivity contribution in [2.24, 2.45) is 0 Å². The Balaban J connectivity index is 2.11. The van der Waals surface area contributed by atoms with E-state index in [0.29, 0.717) is 13.0 Å². The molecule has 0 atom stereocenters. The zero-order valence-electron chi connectivity index (χ0n) is 10.1. The summed E-state index contributed by atoms with van der Waals surface area (Å²) in [4.78, 5) is 11.3. The van der Waals surface area contributed by atoms with Gasteiger partial charge in [-0.25, -0.2) is 0 Å². The van der Waals surface area contributed by atoms with E-state index in [4.69, 9.17) is 0 Å². The molecule has 1 aromatic rings. The predicted octanol–water partition coefficient (Wildman–Crippen LogP) is 2.46. The Morgan fingerprint density at radius 1 is 1.24 bits per heavy atom. The first kappa shape index (κ1) is 14.2. The Labute approximate surface area is 111 Å². The van der Waals surface area contributed by atoms with Gasteiger partial charge in [-0.2, -0.15) is 0 Å². The van der Waals surface area contributed by atoms with Crippen LogP contribution in [-0.2, 0) is 11.3 Å². The molecule has 0 radical (unpaired) electrons. The average Bonchev–Trinajstić information content (AvgIpc) is 2.34. The predicted molar refractivity (Wildman–Crippen MR) is 73.8 cm³/mol. The van der Waals surface area contributed by atoms with E-state index in [1.807, 2.05) is 19.1 Å². The molecular weight excluding hydrogens is 280 g/mol. The topological polar surface area (TPSA) is 41.1 Å². The molecule has 4 heteroatoms. The molecule has 0 aliphatic carbocycles. The molecule has 0 fully saturated rings. The third kappa shape index (κ3) is 6.44. The average molecular weight is 299 g/mol. The number of nitrogens with one attached hydrogen (secondary N) is 2. The van der Waals surface area contributed by atoms with Crippen LogP contribution in [0.25, 0.3) is 0 Å². The van der Waals surface area contributed by atoms with Crippen molar-refractivity contribution in [3.05, 3.63) is 34.3 Å². The summed E-state index contributed by atoms with van der Waals surface area (Å²) >= 11 is 3.40. The fraction of sp³-hybridized carbons (Fsp3) is 0.462. The largest absolute Gasteiger partial charge is 0.356 e. The molecule has 1 rings (SSSR count). The molecule has 0 aromatic heterocycles. The van der Waals surface area contributed by atoms with Crippen molar-refractivity contribution in [1.29, 1.82) is 0 Å². The van der Waals surface area contributed by atoms with Crippen molar-refractivity contribution < 1.29 is 4.79 Å². The van der Waals surface area contributed by atoms with Crippen molar-refractivity contribution in [2.45, 2.75) is 26.3 Å². The summed E-state index contributed by atoms with van der Waals surface area (Å²) < 4.78 is 1.08. The molecule has 1 aromatic carbocycles. The van der Waals surface area contributed by atoms with Crippen molar-refractivity contribution >= 4 is 21.8 Å². The molecule has 2 N–H and O–H groups in total. The van der Waals surface area contributed by atoms with Gasteiger partial charge in [0.2, 0.25) is 5.91 Å². The van der Waals surface area contributed by atoms with Gasteiger partial charge < -0.3 is 10.6 Å². The van der Waals surface area contributed by atoms with Crippen LogP contribution in [0.3, 0.4) is 0 Å². The molecule has 17 heavy (non-hydrogen) atoms. The fourth-order valence-corrected chi connectivity index (χ4v) is 1.65. The standard InChI is InChI=1S/C13H19BrN2O/c1-2-8-16-13(17)7-9-15-10-11-3-5-12(14)6-4-11/h3-6,15H,2,7-10H2,1H3,(H,16,17). The third-order valence-electron chi connectivity index (χ3n) is 2.34. The fourth-order valence-electron chi connectivity index (χ4n) is 1.39. The second kappa shape index (κ2) is 8.25.